The van der Waals surface area contributed by atoms with Crippen molar-refractivity contribution in [1.29, 1.82) is 0 Å². The molecule has 0 unspecified atom stereocenters. The van der Waals surface area contributed by atoms with E-state index in [2.05, 4.69) is 10.6 Å². The molecule has 0 aliphatic carbocycles. The number of carbonyl (C=O) groups is 1. The van der Waals surface area contributed by atoms with Gasteiger partial charge in [-0.2, -0.15) is 0 Å². The van der Waals surface area contributed by atoms with Gasteiger partial charge in [-0.15, -0.1) is 0 Å². The van der Waals surface area contributed by atoms with Crippen molar-refractivity contribution in [3.8, 4) is 0 Å². The highest BCUT2D eigenvalue weighted by molar-refractivity contribution is 5.82. The maximum atomic E-state index is 13.6. The molecule has 6 rings (SSSR count). The highest BCUT2D eigenvalue weighted by Crippen LogP contribution is 2.30. The molecular formula is C39H44N2O6. The van der Waals surface area contributed by atoms with Crippen molar-refractivity contribution in [2.24, 2.45) is 0 Å². The number of rotatable bonds is 15. The lowest BCUT2D eigenvalue weighted by Crippen LogP contribution is -2.67. The van der Waals surface area contributed by atoms with Crippen LogP contribution in [0.2, 0.25) is 0 Å². The van der Waals surface area contributed by atoms with Gasteiger partial charge >= 0.3 is 0 Å². The molecule has 1 amide bonds. The fourth-order valence-corrected chi connectivity index (χ4v) is 6.06. The van der Waals surface area contributed by atoms with Gasteiger partial charge in [0.15, 0.2) is 6.29 Å². The number of benzene rings is 4. The maximum Gasteiger partial charge on any atom is 0.237 e. The van der Waals surface area contributed by atoms with Crippen molar-refractivity contribution in [3.05, 3.63) is 144 Å². The second kappa shape index (κ2) is 17.3. The van der Waals surface area contributed by atoms with Crippen LogP contribution in [0.25, 0.3) is 0 Å². The zero-order chi connectivity index (χ0) is 32.1. The SMILES string of the molecule is O=C(N[C@H]1[C@H](OCc2ccccc2)O[C@H](COCc2ccccc2)[C@@H](OCc2ccccc2)[C@@H]1OCc1ccccc1)[C@@H]1CCCN1. The Labute approximate surface area is 277 Å². The molecule has 8 nitrogen and oxygen atoms in total. The summed E-state index contributed by atoms with van der Waals surface area (Å²) in [7, 11) is 0. The smallest absolute Gasteiger partial charge is 0.237 e. The number of hydrogen-bond donors (Lipinski definition) is 2. The van der Waals surface area contributed by atoms with E-state index >= 15 is 0 Å². The van der Waals surface area contributed by atoms with Gasteiger partial charge in [0, 0.05) is 0 Å². The maximum absolute atomic E-state index is 13.6. The predicted molar refractivity (Wildman–Crippen MR) is 179 cm³/mol. The summed E-state index contributed by atoms with van der Waals surface area (Å²) < 4.78 is 32.9. The fraction of sp³-hybridized carbons (Fsp3) is 0.359. The molecule has 0 radical (unpaired) electrons. The largest absolute Gasteiger partial charge is 0.374 e. The second-order valence-corrected chi connectivity index (χ2v) is 12.0. The molecule has 2 saturated heterocycles. The Morgan fingerprint density at radius 2 is 1.15 bits per heavy atom. The Kier molecular flexibility index (Phi) is 12.2. The lowest BCUT2D eigenvalue weighted by Gasteiger charge is -2.46. The quantitative estimate of drug-likeness (QED) is 0.177. The minimum Gasteiger partial charge on any atom is -0.374 e. The third kappa shape index (κ3) is 9.58. The topological polar surface area (TPSA) is 87.3 Å². The van der Waals surface area contributed by atoms with Crippen LogP contribution in [-0.2, 0) is 54.9 Å². The van der Waals surface area contributed by atoms with Gasteiger partial charge in [-0.3, -0.25) is 4.79 Å². The van der Waals surface area contributed by atoms with E-state index in [0.29, 0.717) is 26.4 Å². The molecule has 0 bridgehead atoms. The summed E-state index contributed by atoms with van der Waals surface area (Å²) in [4.78, 5) is 13.6. The van der Waals surface area contributed by atoms with Crippen molar-refractivity contribution in [3.63, 3.8) is 0 Å². The molecule has 0 spiro atoms. The Balaban J connectivity index is 1.30. The highest BCUT2D eigenvalue weighted by atomic mass is 16.7. The van der Waals surface area contributed by atoms with Gasteiger partial charge in [0.1, 0.15) is 24.4 Å². The van der Waals surface area contributed by atoms with Crippen LogP contribution in [0.1, 0.15) is 35.1 Å². The van der Waals surface area contributed by atoms with Crippen LogP contribution < -0.4 is 10.6 Å². The van der Waals surface area contributed by atoms with Crippen molar-refractivity contribution < 1.29 is 28.5 Å². The van der Waals surface area contributed by atoms with E-state index in [4.69, 9.17) is 23.7 Å². The van der Waals surface area contributed by atoms with Crippen LogP contribution >= 0.6 is 0 Å². The van der Waals surface area contributed by atoms with Gasteiger partial charge in [0.25, 0.3) is 0 Å². The summed E-state index contributed by atoms with van der Waals surface area (Å²) in [5.41, 5.74) is 4.10. The van der Waals surface area contributed by atoms with Gasteiger partial charge in [0.2, 0.25) is 5.91 Å². The number of carbonyl (C=O) groups excluding carboxylic acids is 1. The third-order valence-corrected chi connectivity index (χ3v) is 8.55. The van der Waals surface area contributed by atoms with Gasteiger partial charge in [-0.05, 0) is 41.6 Å². The average molecular weight is 637 g/mol. The molecule has 47 heavy (non-hydrogen) atoms. The molecule has 2 aliphatic rings. The fourth-order valence-electron chi connectivity index (χ4n) is 6.06. The third-order valence-electron chi connectivity index (χ3n) is 8.55. The molecule has 2 aliphatic heterocycles. The molecule has 4 aromatic carbocycles. The van der Waals surface area contributed by atoms with Gasteiger partial charge in [-0.1, -0.05) is 121 Å². The minimum atomic E-state index is -0.816. The van der Waals surface area contributed by atoms with Crippen LogP contribution in [0, 0.1) is 0 Å². The monoisotopic (exact) mass is 636 g/mol. The minimum absolute atomic E-state index is 0.0988. The summed E-state index contributed by atoms with van der Waals surface area (Å²) in [6.45, 7) is 2.45. The lowest BCUT2D eigenvalue weighted by atomic mass is 9.95. The molecule has 2 fully saturated rings. The molecule has 4 aromatic rings. The van der Waals surface area contributed by atoms with Crippen LogP contribution in [0.15, 0.2) is 121 Å². The number of amides is 1. The first-order chi connectivity index (χ1) is 23.2. The van der Waals surface area contributed by atoms with Gasteiger partial charge < -0.3 is 34.3 Å². The van der Waals surface area contributed by atoms with E-state index in [9.17, 15) is 4.79 Å². The van der Waals surface area contributed by atoms with Crippen LogP contribution in [-0.4, -0.2) is 55.7 Å². The predicted octanol–water partition coefficient (Wildman–Crippen LogP) is 5.55. The molecule has 6 atom stereocenters. The van der Waals surface area contributed by atoms with Crippen LogP contribution in [0.4, 0.5) is 0 Å². The molecule has 2 heterocycles. The van der Waals surface area contributed by atoms with E-state index in [1.165, 1.54) is 0 Å². The first-order valence-electron chi connectivity index (χ1n) is 16.5. The Morgan fingerprint density at radius 1 is 0.660 bits per heavy atom. The highest BCUT2D eigenvalue weighted by Gasteiger charge is 2.49. The Morgan fingerprint density at radius 3 is 1.66 bits per heavy atom. The lowest BCUT2D eigenvalue weighted by molar-refractivity contribution is -0.293. The molecule has 0 aromatic heterocycles. The molecule has 246 valence electrons. The molecule has 0 saturated carbocycles. The van der Waals surface area contributed by atoms with E-state index in [1.807, 2.05) is 121 Å². The molecule has 2 N–H and O–H groups in total. The Hall–Kier alpha value is -3.89. The van der Waals surface area contributed by atoms with Crippen molar-refractivity contribution in [2.75, 3.05) is 13.2 Å². The van der Waals surface area contributed by atoms with E-state index < -0.39 is 30.6 Å². The van der Waals surface area contributed by atoms with Gasteiger partial charge in [-0.25, -0.2) is 0 Å². The zero-order valence-electron chi connectivity index (χ0n) is 26.6. The van der Waals surface area contributed by atoms with Crippen molar-refractivity contribution >= 4 is 5.91 Å². The van der Waals surface area contributed by atoms with Crippen molar-refractivity contribution in [1.82, 2.24) is 10.6 Å². The normalized spacial score (nSPS) is 24.2. The average Bonchev–Trinajstić information content (AvgIpc) is 3.68. The first-order valence-corrected chi connectivity index (χ1v) is 16.5. The summed E-state index contributed by atoms with van der Waals surface area (Å²) in [5, 5.41) is 6.58. The first kappa shape index (κ1) is 33.0. The summed E-state index contributed by atoms with van der Waals surface area (Å²) in [6, 6.07) is 39.1. The second-order valence-electron chi connectivity index (χ2n) is 12.0. The number of nitrogens with one attached hydrogen (secondary N) is 2. The van der Waals surface area contributed by atoms with E-state index in [1.54, 1.807) is 0 Å². The zero-order valence-corrected chi connectivity index (χ0v) is 26.6. The summed E-state index contributed by atoms with van der Waals surface area (Å²) in [6.07, 6.45) is -0.818. The van der Waals surface area contributed by atoms with Crippen LogP contribution in [0.5, 0.6) is 0 Å². The number of hydrogen-bond acceptors (Lipinski definition) is 7. The van der Waals surface area contributed by atoms with Gasteiger partial charge in [0.05, 0.1) is 39.1 Å². The standard InChI is InChI=1S/C39H44N2O6/c42-38(33-22-13-23-40-33)41-35-37(45-26-31-18-9-3-10-19-31)36(44-25-30-16-7-2-8-17-30)34(28-43-24-29-14-5-1-6-15-29)47-39(35)46-27-32-20-11-4-12-21-32/h1-12,14-21,33-37,39-40H,13,22-28H2,(H,41,42)/t33-,34+,35+,36+,37+,39+/m0/s1. The van der Waals surface area contributed by atoms with Crippen molar-refractivity contribution in [2.45, 2.75) is 76.0 Å². The summed E-state index contributed by atoms with van der Waals surface area (Å²) >= 11 is 0. The molecule has 8 heteroatoms. The molecular weight excluding hydrogens is 592 g/mol. The van der Waals surface area contributed by atoms with Crippen LogP contribution in [0.3, 0.4) is 0 Å². The number of ether oxygens (including phenoxy) is 5. The van der Waals surface area contributed by atoms with E-state index in [-0.39, 0.29) is 18.6 Å². The van der Waals surface area contributed by atoms with E-state index in [0.717, 1.165) is 41.6 Å². The summed E-state index contributed by atoms with van der Waals surface area (Å²) in [5.74, 6) is -0.0988. The Bertz CT molecular complexity index is 1470.